The fraction of sp³-hybridized carbons (Fsp3) is 0.778. The summed E-state index contributed by atoms with van der Waals surface area (Å²) in [6.45, 7) is 4.42. The molecule has 80 valence electrons. The molecule has 1 aliphatic rings. The zero-order valence-electron chi connectivity index (χ0n) is 8.50. The lowest BCUT2D eigenvalue weighted by atomic mass is 10.2. The number of ether oxygens (including phenoxy) is 1. The number of carbonyl (C=O) groups is 2. The second-order valence-corrected chi connectivity index (χ2v) is 3.66. The molecule has 0 unspecified atom stereocenters. The van der Waals surface area contributed by atoms with Crippen LogP contribution in [0.1, 0.15) is 26.7 Å². The SMILES string of the molecule is CC(C)NC(=O)OC(=O)[C@@H]1CCCN1. The first kappa shape index (κ1) is 11.0. The zero-order valence-corrected chi connectivity index (χ0v) is 8.50. The standard InChI is InChI=1S/C9H16N2O3/c1-6(2)11-9(13)14-8(12)7-4-3-5-10-7/h6-7,10H,3-5H2,1-2H3,(H,11,13)/t7-/m0/s1. The molecular weight excluding hydrogens is 184 g/mol. The fourth-order valence-electron chi connectivity index (χ4n) is 1.31. The van der Waals surface area contributed by atoms with Gasteiger partial charge in [0.25, 0.3) is 0 Å². The van der Waals surface area contributed by atoms with Crippen LogP contribution in [0, 0.1) is 0 Å². The van der Waals surface area contributed by atoms with Crippen LogP contribution in [-0.4, -0.2) is 30.7 Å². The summed E-state index contributed by atoms with van der Waals surface area (Å²) in [5.41, 5.74) is 0. The summed E-state index contributed by atoms with van der Waals surface area (Å²) in [4.78, 5) is 22.3. The van der Waals surface area contributed by atoms with Crippen LogP contribution in [0.25, 0.3) is 0 Å². The maximum Gasteiger partial charge on any atom is 0.415 e. The second-order valence-electron chi connectivity index (χ2n) is 3.66. The highest BCUT2D eigenvalue weighted by Gasteiger charge is 2.25. The Morgan fingerprint density at radius 1 is 1.50 bits per heavy atom. The zero-order chi connectivity index (χ0) is 10.6. The number of nitrogens with one attached hydrogen (secondary N) is 2. The number of esters is 1. The van der Waals surface area contributed by atoms with Crippen molar-refractivity contribution in [1.29, 1.82) is 0 Å². The van der Waals surface area contributed by atoms with Crippen molar-refractivity contribution in [2.24, 2.45) is 0 Å². The Balaban J connectivity index is 2.28. The summed E-state index contributed by atoms with van der Waals surface area (Å²) >= 11 is 0. The lowest BCUT2D eigenvalue weighted by Gasteiger charge is -2.11. The molecule has 2 N–H and O–H groups in total. The van der Waals surface area contributed by atoms with Crippen molar-refractivity contribution >= 4 is 12.1 Å². The van der Waals surface area contributed by atoms with E-state index in [-0.39, 0.29) is 12.1 Å². The third-order valence-electron chi connectivity index (χ3n) is 1.94. The van der Waals surface area contributed by atoms with Crippen molar-refractivity contribution in [3.63, 3.8) is 0 Å². The molecule has 14 heavy (non-hydrogen) atoms. The van der Waals surface area contributed by atoms with E-state index in [1.807, 2.05) is 0 Å². The number of alkyl carbamates (subject to hydrolysis) is 1. The molecule has 0 spiro atoms. The summed E-state index contributed by atoms with van der Waals surface area (Å²) in [5, 5.41) is 5.45. The molecule has 0 aromatic carbocycles. The molecule has 0 radical (unpaired) electrons. The maximum atomic E-state index is 11.3. The average molecular weight is 200 g/mol. The molecule has 1 aliphatic heterocycles. The Kier molecular flexibility index (Phi) is 3.88. The Morgan fingerprint density at radius 3 is 2.71 bits per heavy atom. The molecule has 1 fully saturated rings. The Labute approximate surface area is 83.2 Å². The number of carbonyl (C=O) groups excluding carboxylic acids is 2. The van der Waals surface area contributed by atoms with E-state index in [2.05, 4.69) is 15.4 Å². The van der Waals surface area contributed by atoms with Crippen LogP contribution < -0.4 is 10.6 Å². The first-order valence-electron chi connectivity index (χ1n) is 4.85. The van der Waals surface area contributed by atoms with Gasteiger partial charge in [0.1, 0.15) is 6.04 Å². The largest absolute Gasteiger partial charge is 0.415 e. The van der Waals surface area contributed by atoms with Crippen molar-refractivity contribution in [2.45, 2.75) is 38.8 Å². The monoisotopic (exact) mass is 200 g/mol. The van der Waals surface area contributed by atoms with Gasteiger partial charge in [-0.3, -0.25) is 0 Å². The van der Waals surface area contributed by atoms with Crippen LogP contribution in [0.4, 0.5) is 4.79 Å². The van der Waals surface area contributed by atoms with Crippen molar-refractivity contribution in [3.8, 4) is 0 Å². The predicted molar refractivity (Wildman–Crippen MR) is 50.8 cm³/mol. The quantitative estimate of drug-likeness (QED) is 0.500. The van der Waals surface area contributed by atoms with Crippen molar-refractivity contribution < 1.29 is 14.3 Å². The minimum Gasteiger partial charge on any atom is -0.375 e. The van der Waals surface area contributed by atoms with Gasteiger partial charge in [-0.15, -0.1) is 0 Å². The van der Waals surface area contributed by atoms with Gasteiger partial charge in [-0.2, -0.15) is 0 Å². The van der Waals surface area contributed by atoms with Gasteiger partial charge in [0.2, 0.25) is 0 Å². The van der Waals surface area contributed by atoms with Gasteiger partial charge in [0, 0.05) is 6.04 Å². The van der Waals surface area contributed by atoms with Crippen molar-refractivity contribution in [2.75, 3.05) is 6.54 Å². The second kappa shape index (κ2) is 4.95. The average Bonchev–Trinajstić information content (AvgIpc) is 2.53. The van der Waals surface area contributed by atoms with E-state index in [0.29, 0.717) is 0 Å². The lowest BCUT2D eigenvalue weighted by Crippen LogP contribution is -2.38. The Morgan fingerprint density at radius 2 is 2.21 bits per heavy atom. The normalized spacial score (nSPS) is 20.9. The molecule has 5 heteroatoms. The molecule has 1 atom stereocenters. The molecular formula is C9H16N2O3. The fourth-order valence-corrected chi connectivity index (χ4v) is 1.31. The van der Waals surface area contributed by atoms with E-state index in [1.165, 1.54) is 0 Å². The number of hydrogen-bond acceptors (Lipinski definition) is 4. The first-order valence-corrected chi connectivity index (χ1v) is 4.85. The molecule has 1 rings (SSSR count). The predicted octanol–water partition coefficient (Wildman–Crippen LogP) is 0.400. The van der Waals surface area contributed by atoms with Crippen LogP contribution in [0.5, 0.6) is 0 Å². The minimum absolute atomic E-state index is 0.0214. The summed E-state index contributed by atoms with van der Waals surface area (Å²) in [5.74, 6) is -0.486. The molecule has 1 saturated heterocycles. The highest BCUT2D eigenvalue weighted by molar-refractivity contribution is 5.87. The van der Waals surface area contributed by atoms with Crippen LogP contribution in [0.3, 0.4) is 0 Å². The first-order chi connectivity index (χ1) is 6.59. The van der Waals surface area contributed by atoms with E-state index in [9.17, 15) is 9.59 Å². The molecule has 0 aromatic heterocycles. The maximum absolute atomic E-state index is 11.3. The summed E-state index contributed by atoms with van der Waals surface area (Å²) in [6.07, 6.45) is 1.03. The summed E-state index contributed by atoms with van der Waals surface area (Å²) < 4.78 is 4.59. The van der Waals surface area contributed by atoms with Crippen LogP contribution in [-0.2, 0) is 9.53 Å². The van der Waals surface area contributed by atoms with Crippen molar-refractivity contribution in [3.05, 3.63) is 0 Å². The Hall–Kier alpha value is -1.10. The van der Waals surface area contributed by atoms with Gasteiger partial charge in [-0.25, -0.2) is 9.59 Å². The third kappa shape index (κ3) is 3.33. The van der Waals surface area contributed by atoms with E-state index in [0.717, 1.165) is 19.4 Å². The molecule has 5 nitrogen and oxygen atoms in total. The van der Waals surface area contributed by atoms with Gasteiger partial charge in [-0.1, -0.05) is 0 Å². The van der Waals surface area contributed by atoms with Gasteiger partial charge in [0.05, 0.1) is 0 Å². The van der Waals surface area contributed by atoms with E-state index >= 15 is 0 Å². The summed E-state index contributed by atoms with van der Waals surface area (Å²) in [6, 6.07) is -0.334. The van der Waals surface area contributed by atoms with Gasteiger partial charge < -0.3 is 15.4 Å². The van der Waals surface area contributed by atoms with Crippen LogP contribution in [0.15, 0.2) is 0 Å². The van der Waals surface area contributed by atoms with Crippen LogP contribution >= 0.6 is 0 Å². The number of amides is 1. The lowest BCUT2D eigenvalue weighted by molar-refractivity contribution is -0.139. The smallest absolute Gasteiger partial charge is 0.375 e. The van der Waals surface area contributed by atoms with Crippen molar-refractivity contribution in [1.82, 2.24) is 10.6 Å². The highest BCUT2D eigenvalue weighted by Crippen LogP contribution is 2.06. The molecule has 0 aromatic rings. The molecule has 1 amide bonds. The van der Waals surface area contributed by atoms with Gasteiger partial charge >= 0.3 is 12.1 Å². The molecule has 1 heterocycles. The van der Waals surface area contributed by atoms with E-state index in [4.69, 9.17) is 0 Å². The molecule has 0 aliphatic carbocycles. The van der Waals surface area contributed by atoms with E-state index in [1.54, 1.807) is 13.8 Å². The molecule has 0 saturated carbocycles. The third-order valence-corrected chi connectivity index (χ3v) is 1.94. The van der Waals surface area contributed by atoms with Gasteiger partial charge in [0.15, 0.2) is 0 Å². The molecule has 0 bridgehead atoms. The minimum atomic E-state index is -0.668. The summed E-state index contributed by atoms with van der Waals surface area (Å²) in [7, 11) is 0. The number of rotatable bonds is 2. The Bertz CT molecular complexity index is 222. The van der Waals surface area contributed by atoms with Gasteiger partial charge in [-0.05, 0) is 33.2 Å². The van der Waals surface area contributed by atoms with Crippen LogP contribution in [0.2, 0.25) is 0 Å². The highest BCUT2D eigenvalue weighted by atomic mass is 16.6. The topological polar surface area (TPSA) is 67.4 Å². The van der Waals surface area contributed by atoms with E-state index < -0.39 is 12.1 Å². The number of hydrogen-bond donors (Lipinski definition) is 2.